The zero-order valence-corrected chi connectivity index (χ0v) is 10.1. The number of aromatic amines is 1. The zero-order valence-electron chi connectivity index (χ0n) is 10.1. The minimum absolute atomic E-state index is 0.141. The molecule has 0 unspecified atom stereocenters. The van der Waals surface area contributed by atoms with Crippen molar-refractivity contribution in [2.24, 2.45) is 0 Å². The molecule has 2 aromatic rings. The number of aromatic nitrogens is 1. The largest absolute Gasteiger partial charge is 0.497 e. The molecule has 0 saturated carbocycles. The number of benzene rings is 1. The maximum absolute atomic E-state index is 10.5. The van der Waals surface area contributed by atoms with E-state index in [1.165, 1.54) is 0 Å². The summed E-state index contributed by atoms with van der Waals surface area (Å²) in [5, 5.41) is 8.63. The van der Waals surface area contributed by atoms with E-state index in [2.05, 4.69) is 4.98 Å². The molecule has 0 saturated heterocycles. The van der Waals surface area contributed by atoms with Gasteiger partial charge in [0.05, 0.1) is 13.5 Å². The molecule has 0 amide bonds. The molecule has 2 rings (SSSR count). The quantitative estimate of drug-likeness (QED) is 0.851. The third-order valence-electron chi connectivity index (χ3n) is 2.76. The first-order chi connectivity index (χ1) is 8.69. The lowest BCUT2D eigenvalue weighted by Gasteiger charge is -2.01. The molecule has 0 aliphatic heterocycles. The molecule has 0 atom stereocenters. The highest BCUT2D eigenvalue weighted by Gasteiger charge is 2.04. The van der Waals surface area contributed by atoms with Gasteiger partial charge in [-0.05, 0) is 48.4 Å². The molecule has 0 aliphatic carbocycles. The van der Waals surface area contributed by atoms with E-state index < -0.39 is 5.97 Å². The Morgan fingerprint density at radius 2 is 1.94 bits per heavy atom. The van der Waals surface area contributed by atoms with Gasteiger partial charge in [0.2, 0.25) is 0 Å². The molecule has 1 aromatic heterocycles. The van der Waals surface area contributed by atoms with Crippen LogP contribution in [0.25, 0.3) is 11.3 Å². The lowest BCUT2D eigenvalue weighted by Crippen LogP contribution is -1.97. The summed E-state index contributed by atoms with van der Waals surface area (Å²) in [6.07, 6.45) is 0.661. The monoisotopic (exact) mass is 245 g/mol. The van der Waals surface area contributed by atoms with E-state index in [0.717, 1.165) is 22.7 Å². The zero-order chi connectivity index (χ0) is 13.0. The van der Waals surface area contributed by atoms with Gasteiger partial charge in [-0.25, -0.2) is 0 Å². The molecule has 2 N–H and O–H groups in total. The normalized spacial score (nSPS) is 10.3. The molecule has 0 spiro atoms. The van der Waals surface area contributed by atoms with Crippen molar-refractivity contribution in [1.29, 1.82) is 0 Å². The van der Waals surface area contributed by atoms with Crippen molar-refractivity contribution in [3.8, 4) is 17.0 Å². The van der Waals surface area contributed by atoms with Gasteiger partial charge in [-0.15, -0.1) is 0 Å². The van der Waals surface area contributed by atoms with Crippen LogP contribution in [0.4, 0.5) is 0 Å². The lowest BCUT2D eigenvalue weighted by atomic mass is 10.1. The average molecular weight is 245 g/mol. The van der Waals surface area contributed by atoms with E-state index in [0.29, 0.717) is 6.42 Å². The number of nitrogens with one attached hydrogen (secondary N) is 1. The minimum atomic E-state index is -0.782. The Labute approximate surface area is 105 Å². The molecule has 4 heteroatoms. The fourth-order valence-electron chi connectivity index (χ4n) is 1.77. The Bertz CT molecular complexity index is 528. The van der Waals surface area contributed by atoms with Crippen LogP contribution in [-0.4, -0.2) is 23.2 Å². The lowest BCUT2D eigenvalue weighted by molar-refractivity contribution is -0.136. The average Bonchev–Trinajstić information content (AvgIpc) is 2.85. The van der Waals surface area contributed by atoms with Gasteiger partial charge in [-0.3, -0.25) is 4.79 Å². The van der Waals surface area contributed by atoms with Gasteiger partial charge in [0.1, 0.15) is 5.75 Å². The van der Waals surface area contributed by atoms with E-state index in [-0.39, 0.29) is 6.42 Å². The summed E-state index contributed by atoms with van der Waals surface area (Å²) in [6.45, 7) is 0. The molecule has 0 radical (unpaired) electrons. The second kappa shape index (κ2) is 5.40. The fraction of sp³-hybridized carbons (Fsp3) is 0.214. The summed E-state index contributed by atoms with van der Waals surface area (Å²) >= 11 is 0. The van der Waals surface area contributed by atoms with Crippen LogP contribution >= 0.6 is 0 Å². The number of ether oxygens (including phenoxy) is 1. The van der Waals surface area contributed by atoms with Crippen molar-refractivity contribution < 1.29 is 14.6 Å². The Morgan fingerprint density at radius 1 is 1.22 bits per heavy atom. The maximum Gasteiger partial charge on any atom is 0.303 e. The van der Waals surface area contributed by atoms with Gasteiger partial charge in [-0.1, -0.05) is 0 Å². The topological polar surface area (TPSA) is 62.3 Å². The Balaban J connectivity index is 2.10. The van der Waals surface area contributed by atoms with Crippen LogP contribution in [0.5, 0.6) is 5.75 Å². The summed E-state index contributed by atoms with van der Waals surface area (Å²) in [5.41, 5.74) is 2.97. The van der Waals surface area contributed by atoms with Gasteiger partial charge in [-0.2, -0.15) is 0 Å². The van der Waals surface area contributed by atoms with Gasteiger partial charge in [0, 0.05) is 11.4 Å². The maximum atomic E-state index is 10.5. The van der Waals surface area contributed by atoms with Crippen molar-refractivity contribution in [1.82, 2.24) is 4.98 Å². The number of methoxy groups -OCH3 is 1. The number of rotatable bonds is 5. The van der Waals surface area contributed by atoms with E-state index in [9.17, 15) is 4.79 Å². The highest BCUT2D eigenvalue weighted by atomic mass is 16.5. The summed E-state index contributed by atoms with van der Waals surface area (Å²) in [5.74, 6) is 0.0343. The number of aliphatic carboxylic acids is 1. The van der Waals surface area contributed by atoms with Crippen molar-refractivity contribution in [3.05, 3.63) is 42.1 Å². The van der Waals surface area contributed by atoms with Gasteiger partial charge in [0.15, 0.2) is 0 Å². The second-order valence-corrected chi connectivity index (χ2v) is 4.02. The first-order valence-corrected chi connectivity index (χ1v) is 5.73. The summed E-state index contributed by atoms with van der Waals surface area (Å²) in [7, 11) is 1.63. The number of carboxylic acid groups (broad SMARTS) is 1. The number of hydrogen-bond acceptors (Lipinski definition) is 2. The van der Waals surface area contributed by atoms with Crippen LogP contribution in [-0.2, 0) is 11.2 Å². The van der Waals surface area contributed by atoms with Gasteiger partial charge >= 0.3 is 5.97 Å². The first-order valence-electron chi connectivity index (χ1n) is 5.73. The molecular weight excluding hydrogens is 230 g/mol. The number of carbonyl (C=O) groups is 1. The Kier molecular flexibility index (Phi) is 3.67. The second-order valence-electron chi connectivity index (χ2n) is 4.02. The van der Waals surface area contributed by atoms with Crippen molar-refractivity contribution in [2.45, 2.75) is 12.8 Å². The number of aryl methyl sites for hydroxylation is 1. The van der Waals surface area contributed by atoms with E-state index in [1.54, 1.807) is 7.11 Å². The summed E-state index contributed by atoms with van der Waals surface area (Å²) < 4.78 is 5.10. The molecule has 18 heavy (non-hydrogen) atoms. The third-order valence-corrected chi connectivity index (χ3v) is 2.76. The highest BCUT2D eigenvalue weighted by molar-refractivity contribution is 5.67. The molecular formula is C14H15NO3. The number of hydrogen-bond donors (Lipinski definition) is 2. The Morgan fingerprint density at radius 3 is 2.56 bits per heavy atom. The van der Waals surface area contributed by atoms with Gasteiger partial charge < -0.3 is 14.8 Å². The van der Waals surface area contributed by atoms with E-state index >= 15 is 0 Å². The van der Waals surface area contributed by atoms with E-state index in [1.807, 2.05) is 36.4 Å². The molecule has 4 nitrogen and oxygen atoms in total. The predicted octanol–water partition coefficient (Wildman–Crippen LogP) is 2.71. The molecule has 0 fully saturated rings. The number of H-pyrrole nitrogens is 1. The van der Waals surface area contributed by atoms with Crippen molar-refractivity contribution in [2.75, 3.05) is 7.11 Å². The molecule has 94 valence electrons. The van der Waals surface area contributed by atoms with Crippen LogP contribution in [0.1, 0.15) is 12.1 Å². The van der Waals surface area contributed by atoms with Crippen LogP contribution < -0.4 is 4.74 Å². The predicted molar refractivity (Wildman–Crippen MR) is 68.7 cm³/mol. The van der Waals surface area contributed by atoms with Crippen LogP contribution in [0.15, 0.2) is 36.4 Å². The van der Waals surface area contributed by atoms with Crippen LogP contribution in [0.2, 0.25) is 0 Å². The third kappa shape index (κ3) is 2.91. The molecule has 0 aliphatic rings. The smallest absolute Gasteiger partial charge is 0.303 e. The highest BCUT2D eigenvalue weighted by Crippen LogP contribution is 2.22. The molecule has 0 bridgehead atoms. The molecule has 1 aromatic carbocycles. The van der Waals surface area contributed by atoms with Gasteiger partial charge in [0.25, 0.3) is 0 Å². The summed E-state index contributed by atoms with van der Waals surface area (Å²) in [6, 6.07) is 11.6. The van der Waals surface area contributed by atoms with Crippen molar-refractivity contribution in [3.63, 3.8) is 0 Å². The van der Waals surface area contributed by atoms with Crippen LogP contribution in [0.3, 0.4) is 0 Å². The van der Waals surface area contributed by atoms with Crippen molar-refractivity contribution >= 4 is 5.97 Å². The number of carboxylic acids is 1. The SMILES string of the molecule is COc1ccc(-c2ccc(CCC(=O)O)[nH]2)cc1. The Hall–Kier alpha value is -2.23. The van der Waals surface area contributed by atoms with Crippen LogP contribution in [0, 0.1) is 0 Å². The summed E-state index contributed by atoms with van der Waals surface area (Å²) in [4.78, 5) is 13.7. The first kappa shape index (κ1) is 12.2. The standard InChI is InChI=1S/C14H15NO3/c1-18-12-6-2-10(3-7-12)13-8-4-11(15-13)5-9-14(16)17/h2-4,6-8,15H,5,9H2,1H3,(H,16,17). The fourth-order valence-corrected chi connectivity index (χ4v) is 1.77. The minimum Gasteiger partial charge on any atom is -0.497 e. The van der Waals surface area contributed by atoms with E-state index in [4.69, 9.17) is 9.84 Å². The molecule has 1 heterocycles.